The Bertz CT molecular complexity index is 887. The fraction of sp³-hybridized carbons (Fsp3) is 0.350. The number of alkyl halides is 2. The summed E-state index contributed by atoms with van der Waals surface area (Å²) in [5.41, 5.74) is 1.31. The predicted octanol–water partition coefficient (Wildman–Crippen LogP) is 3.06. The molecule has 142 valence electrons. The maximum absolute atomic E-state index is 13.3. The van der Waals surface area contributed by atoms with E-state index >= 15 is 0 Å². The molecule has 1 amide bonds. The summed E-state index contributed by atoms with van der Waals surface area (Å²) in [6, 6.07) is 11.6. The average Bonchev–Trinajstić information content (AvgIpc) is 3.13. The molecule has 2 aromatic rings. The number of amides is 1. The van der Waals surface area contributed by atoms with Gasteiger partial charge in [-0.3, -0.25) is 4.79 Å². The molecule has 0 spiro atoms. The molecule has 1 heterocycles. The zero-order valence-electron chi connectivity index (χ0n) is 14.7. The summed E-state index contributed by atoms with van der Waals surface area (Å²) in [5.74, 6) is -0.350. The second-order valence-electron chi connectivity index (χ2n) is 7.07. The van der Waals surface area contributed by atoms with Crippen molar-refractivity contribution in [1.29, 1.82) is 0 Å². The Labute approximate surface area is 154 Å². The molecule has 1 aliphatic carbocycles. The third kappa shape index (κ3) is 3.02. The van der Waals surface area contributed by atoms with Crippen molar-refractivity contribution < 1.29 is 28.2 Å². The first kappa shape index (κ1) is 17.7. The molecule has 0 saturated heterocycles. The number of hydrogen-bond acceptors (Lipinski definition) is 4. The SMILES string of the molecule is C[C@@]1(C(=O)N[C@H](CO)c2ccccc2)CCc2cc3c(cc21)OC(F)(F)O3. The number of rotatable bonds is 4. The van der Waals surface area contributed by atoms with E-state index in [1.807, 2.05) is 30.3 Å². The van der Waals surface area contributed by atoms with Crippen molar-refractivity contribution in [2.75, 3.05) is 6.61 Å². The highest BCUT2D eigenvalue weighted by atomic mass is 19.3. The van der Waals surface area contributed by atoms with E-state index in [1.54, 1.807) is 6.92 Å². The van der Waals surface area contributed by atoms with Gasteiger partial charge in [-0.25, -0.2) is 0 Å². The van der Waals surface area contributed by atoms with Gasteiger partial charge in [0.1, 0.15) is 0 Å². The molecule has 0 fully saturated rings. The van der Waals surface area contributed by atoms with Gasteiger partial charge in [0.25, 0.3) is 0 Å². The fourth-order valence-electron chi connectivity index (χ4n) is 3.75. The van der Waals surface area contributed by atoms with Crippen molar-refractivity contribution >= 4 is 5.91 Å². The highest BCUT2D eigenvalue weighted by Crippen LogP contribution is 2.48. The molecule has 0 aromatic heterocycles. The van der Waals surface area contributed by atoms with Crippen LogP contribution in [-0.2, 0) is 16.6 Å². The molecule has 0 bridgehead atoms. The maximum atomic E-state index is 13.3. The summed E-state index contributed by atoms with van der Waals surface area (Å²) in [7, 11) is 0. The quantitative estimate of drug-likeness (QED) is 0.862. The second-order valence-corrected chi connectivity index (χ2v) is 7.07. The van der Waals surface area contributed by atoms with Gasteiger partial charge in [-0.1, -0.05) is 30.3 Å². The van der Waals surface area contributed by atoms with Crippen molar-refractivity contribution in [1.82, 2.24) is 5.32 Å². The van der Waals surface area contributed by atoms with Crippen LogP contribution >= 0.6 is 0 Å². The van der Waals surface area contributed by atoms with Gasteiger partial charge in [-0.15, -0.1) is 8.78 Å². The number of benzene rings is 2. The van der Waals surface area contributed by atoms with Crippen molar-refractivity contribution in [2.24, 2.45) is 0 Å². The molecule has 7 heteroatoms. The van der Waals surface area contributed by atoms with Gasteiger partial charge in [0.2, 0.25) is 5.91 Å². The Hall–Kier alpha value is -2.67. The molecular weight excluding hydrogens is 356 g/mol. The minimum Gasteiger partial charge on any atom is -0.395 e. The molecule has 2 atom stereocenters. The van der Waals surface area contributed by atoms with Gasteiger partial charge in [0, 0.05) is 0 Å². The summed E-state index contributed by atoms with van der Waals surface area (Å²) >= 11 is 0. The summed E-state index contributed by atoms with van der Waals surface area (Å²) in [6.45, 7) is 1.53. The standard InChI is InChI=1S/C20H19F2NO4/c1-19(18(25)23-15(11-24)12-5-3-2-4-6-12)8-7-13-9-16-17(10-14(13)19)27-20(21,22)26-16/h2-6,9-10,15,24H,7-8,11H2,1H3,(H,23,25)/t15-,19-/m1/s1. The Morgan fingerprint density at radius 3 is 2.56 bits per heavy atom. The Morgan fingerprint density at radius 2 is 1.89 bits per heavy atom. The van der Waals surface area contributed by atoms with E-state index in [0.717, 1.165) is 11.1 Å². The van der Waals surface area contributed by atoms with Gasteiger partial charge >= 0.3 is 6.29 Å². The van der Waals surface area contributed by atoms with E-state index in [9.17, 15) is 18.7 Å². The van der Waals surface area contributed by atoms with Crippen molar-refractivity contribution in [3.05, 3.63) is 59.2 Å². The Morgan fingerprint density at radius 1 is 1.22 bits per heavy atom. The summed E-state index contributed by atoms with van der Waals surface area (Å²) in [6.07, 6.45) is -2.59. The molecule has 4 rings (SSSR count). The van der Waals surface area contributed by atoms with Crippen LogP contribution in [0, 0.1) is 0 Å². The minimum atomic E-state index is -3.69. The van der Waals surface area contributed by atoms with E-state index in [4.69, 9.17) is 0 Å². The number of halogens is 2. The number of aliphatic hydroxyl groups excluding tert-OH is 1. The molecule has 0 saturated carbocycles. The van der Waals surface area contributed by atoms with Gasteiger partial charge in [-0.05, 0) is 48.6 Å². The van der Waals surface area contributed by atoms with E-state index in [0.29, 0.717) is 18.4 Å². The maximum Gasteiger partial charge on any atom is 0.586 e. The van der Waals surface area contributed by atoms with Crippen LogP contribution in [0.1, 0.15) is 36.1 Å². The monoisotopic (exact) mass is 375 g/mol. The topological polar surface area (TPSA) is 67.8 Å². The number of fused-ring (bicyclic) bond motifs is 2. The molecule has 0 radical (unpaired) electrons. The normalized spacial score (nSPS) is 23.0. The predicted molar refractivity (Wildman–Crippen MR) is 92.7 cm³/mol. The molecule has 0 unspecified atom stereocenters. The van der Waals surface area contributed by atoms with Crippen LogP contribution in [0.3, 0.4) is 0 Å². The lowest BCUT2D eigenvalue weighted by molar-refractivity contribution is -0.286. The van der Waals surface area contributed by atoms with Crippen molar-refractivity contribution in [3.8, 4) is 11.5 Å². The van der Waals surface area contributed by atoms with E-state index in [1.165, 1.54) is 12.1 Å². The van der Waals surface area contributed by atoms with Gasteiger partial charge in [0.15, 0.2) is 11.5 Å². The number of carbonyl (C=O) groups excluding carboxylic acids is 1. The first-order valence-corrected chi connectivity index (χ1v) is 8.72. The molecule has 2 aliphatic rings. The van der Waals surface area contributed by atoms with Crippen molar-refractivity contribution in [3.63, 3.8) is 0 Å². The largest absolute Gasteiger partial charge is 0.586 e. The lowest BCUT2D eigenvalue weighted by Gasteiger charge is -2.27. The van der Waals surface area contributed by atoms with Crippen LogP contribution < -0.4 is 14.8 Å². The van der Waals surface area contributed by atoms with Crippen LogP contribution in [-0.4, -0.2) is 23.9 Å². The summed E-state index contributed by atoms with van der Waals surface area (Å²) in [5, 5.41) is 12.6. The Kier molecular flexibility index (Phi) is 4.07. The lowest BCUT2D eigenvalue weighted by atomic mass is 9.82. The smallest absolute Gasteiger partial charge is 0.395 e. The number of nitrogens with one attached hydrogen (secondary N) is 1. The number of aliphatic hydroxyl groups is 1. The first-order chi connectivity index (χ1) is 12.8. The van der Waals surface area contributed by atoms with Crippen LogP contribution in [0.15, 0.2) is 42.5 Å². The number of hydrogen-bond donors (Lipinski definition) is 2. The third-order valence-electron chi connectivity index (χ3n) is 5.31. The zero-order chi connectivity index (χ0) is 19.2. The average molecular weight is 375 g/mol. The van der Waals surface area contributed by atoms with Gasteiger partial charge < -0.3 is 19.9 Å². The van der Waals surface area contributed by atoms with Crippen LogP contribution in [0.5, 0.6) is 11.5 Å². The Balaban J connectivity index is 1.61. The highest BCUT2D eigenvalue weighted by Gasteiger charge is 2.47. The van der Waals surface area contributed by atoms with Crippen molar-refractivity contribution in [2.45, 2.75) is 37.5 Å². The first-order valence-electron chi connectivity index (χ1n) is 8.72. The van der Waals surface area contributed by atoms with Gasteiger partial charge in [-0.2, -0.15) is 0 Å². The fourth-order valence-corrected chi connectivity index (χ4v) is 3.75. The number of aryl methyl sites for hydroxylation is 1. The minimum absolute atomic E-state index is 0.0130. The number of carbonyl (C=O) groups is 1. The van der Waals surface area contributed by atoms with E-state index in [-0.39, 0.29) is 24.0 Å². The third-order valence-corrected chi connectivity index (χ3v) is 5.31. The lowest BCUT2D eigenvalue weighted by Crippen LogP contribution is -2.43. The van der Waals surface area contributed by atoms with Crippen LogP contribution in [0.2, 0.25) is 0 Å². The molecule has 27 heavy (non-hydrogen) atoms. The molecular formula is C20H19F2NO4. The highest BCUT2D eigenvalue weighted by molar-refractivity contribution is 5.90. The molecule has 2 aromatic carbocycles. The molecule has 5 nitrogen and oxygen atoms in total. The summed E-state index contributed by atoms with van der Waals surface area (Å²) in [4.78, 5) is 13.1. The number of ether oxygens (including phenoxy) is 2. The van der Waals surface area contributed by atoms with Crippen LogP contribution in [0.4, 0.5) is 8.78 Å². The van der Waals surface area contributed by atoms with Crippen LogP contribution in [0.25, 0.3) is 0 Å². The van der Waals surface area contributed by atoms with E-state index < -0.39 is 17.8 Å². The van der Waals surface area contributed by atoms with E-state index in [2.05, 4.69) is 14.8 Å². The van der Waals surface area contributed by atoms with Gasteiger partial charge in [0.05, 0.1) is 18.1 Å². The zero-order valence-corrected chi connectivity index (χ0v) is 14.7. The second kappa shape index (κ2) is 6.20. The molecule has 2 N–H and O–H groups in total. The molecule has 1 aliphatic heterocycles. The summed E-state index contributed by atoms with van der Waals surface area (Å²) < 4.78 is 35.7.